The average molecular weight is 184 g/mol. The number of nitrogens with two attached hydrogens (primary N) is 1. The summed E-state index contributed by atoms with van der Waals surface area (Å²) < 4.78 is 18.2. The minimum atomic E-state index is -0.432. The molecule has 3 N–H and O–H groups in total. The van der Waals surface area contributed by atoms with Gasteiger partial charge in [0.2, 0.25) is 0 Å². The number of hydrogen-bond donors (Lipinski definition) is 2. The van der Waals surface area contributed by atoms with Crippen LogP contribution in [0.15, 0.2) is 12.1 Å². The molecule has 0 bridgehead atoms. The number of rotatable bonds is 3. The van der Waals surface area contributed by atoms with E-state index in [2.05, 4.69) is 5.32 Å². The summed E-state index contributed by atoms with van der Waals surface area (Å²) in [5.74, 6) is -0.209. The molecule has 0 saturated heterocycles. The summed E-state index contributed by atoms with van der Waals surface area (Å²) in [5.41, 5.74) is 6.59. The minimum absolute atomic E-state index is 0.223. The Kier molecular flexibility index (Phi) is 2.95. The summed E-state index contributed by atoms with van der Waals surface area (Å²) in [6.07, 6.45) is 0. The molecule has 1 rings (SSSR count). The van der Waals surface area contributed by atoms with Crippen LogP contribution in [0.4, 0.5) is 15.8 Å². The van der Waals surface area contributed by atoms with Crippen LogP contribution in [-0.4, -0.2) is 13.7 Å². The third-order valence-corrected chi connectivity index (χ3v) is 1.67. The Hall–Kier alpha value is -1.45. The first-order valence-electron chi connectivity index (χ1n) is 4.08. The van der Waals surface area contributed by atoms with Crippen molar-refractivity contribution in [2.45, 2.75) is 6.92 Å². The first kappa shape index (κ1) is 9.64. The van der Waals surface area contributed by atoms with Gasteiger partial charge in [-0.25, -0.2) is 4.39 Å². The summed E-state index contributed by atoms with van der Waals surface area (Å²) in [5, 5.41) is 2.85. The number of nitrogens with one attached hydrogen (secondary N) is 1. The molecule has 1 aromatic carbocycles. The van der Waals surface area contributed by atoms with E-state index in [0.29, 0.717) is 18.0 Å². The molecule has 0 heterocycles. The normalized spacial score (nSPS) is 9.77. The molecule has 0 saturated carbocycles. The third-order valence-electron chi connectivity index (χ3n) is 1.67. The van der Waals surface area contributed by atoms with Gasteiger partial charge < -0.3 is 15.8 Å². The van der Waals surface area contributed by atoms with Crippen molar-refractivity contribution in [2.24, 2.45) is 0 Å². The van der Waals surface area contributed by atoms with Gasteiger partial charge in [0.1, 0.15) is 0 Å². The van der Waals surface area contributed by atoms with Crippen molar-refractivity contribution in [3.05, 3.63) is 17.9 Å². The lowest BCUT2D eigenvalue weighted by molar-refractivity contribution is 0.322. The van der Waals surface area contributed by atoms with E-state index in [1.165, 1.54) is 6.07 Å². The van der Waals surface area contributed by atoms with Crippen LogP contribution >= 0.6 is 0 Å². The molecule has 0 aromatic heterocycles. The molecule has 3 nitrogen and oxygen atoms in total. The number of nitrogen functional groups attached to an aromatic ring is 1. The molecule has 0 atom stereocenters. The van der Waals surface area contributed by atoms with Crippen LogP contribution in [0.3, 0.4) is 0 Å². The molecular formula is C9H13FN2O. The van der Waals surface area contributed by atoms with E-state index in [4.69, 9.17) is 10.5 Å². The molecule has 0 fully saturated rings. The van der Waals surface area contributed by atoms with Crippen LogP contribution in [0.2, 0.25) is 0 Å². The number of hydrogen-bond acceptors (Lipinski definition) is 3. The lowest BCUT2D eigenvalue weighted by atomic mass is 10.2. The van der Waals surface area contributed by atoms with Crippen LogP contribution < -0.4 is 15.8 Å². The minimum Gasteiger partial charge on any atom is -0.491 e. The van der Waals surface area contributed by atoms with Crippen molar-refractivity contribution in [2.75, 3.05) is 24.7 Å². The highest BCUT2D eigenvalue weighted by molar-refractivity contribution is 5.68. The summed E-state index contributed by atoms with van der Waals surface area (Å²) >= 11 is 0. The van der Waals surface area contributed by atoms with E-state index in [-0.39, 0.29) is 5.75 Å². The van der Waals surface area contributed by atoms with Gasteiger partial charge in [0.25, 0.3) is 0 Å². The fourth-order valence-electron chi connectivity index (χ4n) is 1.05. The van der Waals surface area contributed by atoms with Crippen molar-refractivity contribution in [1.82, 2.24) is 0 Å². The highest BCUT2D eigenvalue weighted by Gasteiger charge is 2.07. The zero-order valence-corrected chi connectivity index (χ0v) is 7.73. The number of halogens is 1. The Bertz CT molecular complexity index is 302. The lowest BCUT2D eigenvalue weighted by Crippen LogP contribution is -2.00. The van der Waals surface area contributed by atoms with Crippen LogP contribution in [0.25, 0.3) is 0 Å². The molecule has 0 spiro atoms. The highest BCUT2D eigenvalue weighted by atomic mass is 19.1. The van der Waals surface area contributed by atoms with Crippen molar-refractivity contribution in [3.63, 3.8) is 0 Å². The fourth-order valence-corrected chi connectivity index (χ4v) is 1.05. The molecule has 72 valence electrons. The third kappa shape index (κ3) is 2.02. The highest BCUT2D eigenvalue weighted by Crippen LogP contribution is 2.27. The maximum atomic E-state index is 13.1. The molecule has 0 radical (unpaired) electrons. The van der Waals surface area contributed by atoms with Crippen LogP contribution in [0.1, 0.15) is 6.92 Å². The molecule has 4 heteroatoms. The Balaban J connectivity index is 3.06. The van der Waals surface area contributed by atoms with Gasteiger partial charge in [-0.15, -0.1) is 0 Å². The first-order chi connectivity index (χ1) is 6.19. The fraction of sp³-hybridized carbons (Fsp3) is 0.333. The monoisotopic (exact) mass is 184 g/mol. The summed E-state index contributed by atoms with van der Waals surface area (Å²) in [6, 6.07) is 2.80. The number of benzene rings is 1. The lowest BCUT2D eigenvalue weighted by Gasteiger charge is -2.09. The summed E-state index contributed by atoms with van der Waals surface area (Å²) in [4.78, 5) is 0. The Labute approximate surface area is 76.7 Å². The predicted molar refractivity (Wildman–Crippen MR) is 51.5 cm³/mol. The van der Waals surface area contributed by atoms with E-state index >= 15 is 0 Å². The maximum absolute atomic E-state index is 13.1. The quantitative estimate of drug-likeness (QED) is 0.705. The first-order valence-corrected chi connectivity index (χ1v) is 4.08. The second-order valence-electron chi connectivity index (χ2n) is 2.55. The van der Waals surface area contributed by atoms with Gasteiger partial charge >= 0.3 is 0 Å². The SMILES string of the molecule is CCOc1cc(NC)c(N)cc1F. The largest absolute Gasteiger partial charge is 0.491 e. The van der Waals surface area contributed by atoms with Crippen molar-refractivity contribution < 1.29 is 9.13 Å². The van der Waals surface area contributed by atoms with Gasteiger partial charge in [-0.3, -0.25) is 0 Å². The van der Waals surface area contributed by atoms with Crippen molar-refractivity contribution in [1.29, 1.82) is 0 Å². The van der Waals surface area contributed by atoms with Crippen LogP contribution in [0.5, 0.6) is 5.75 Å². The van der Waals surface area contributed by atoms with Gasteiger partial charge in [-0.05, 0) is 6.92 Å². The Morgan fingerprint density at radius 3 is 2.77 bits per heavy atom. The van der Waals surface area contributed by atoms with E-state index in [1.54, 1.807) is 20.0 Å². The molecular weight excluding hydrogens is 171 g/mol. The molecule has 13 heavy (non-hydrogen) atoms. The van der Waals surface area contributed by atoms with Gasteiger partial charge in [0.15, 0.2) is 11.6 Å². The molecule has 0 amide bonds. The van der Waals surface area contributed by atoms with Crippen molar-refractivity contribution in [3.8, 4) is 5.75 Å². The van der Waals surface area contributed by atoms with E-state index < -0.39 is 5.82 Å². The molecule has 0 aliphatic carbocycles. The second kappa shape index (κ2) is 3.98. The standard InChI is InChI=1S/C9H13FN2O/c1-3-13-9-5-8(12-2)7(11)4-6(9)10/h4-5,12H,3,11H2,1-2H3. The Morgan fingerprint density at radius 2 is 2.23 bits per heavy atom. The smallest absolute Gasteiger partial charge is 0.167 e. The number of ether oxygens (including phenoxy) is 1. The van der Waals surface area contributed by atoms with Crippen LogP contribution in [0, 0.1) is 5.82 Å². The summed E-state index contributed by atoms with van der Waals surface area (Å²) in [6.45, 7) is 2.23. The maximum Gasteiger partial charge on any atom is 0.167 e. The Morgan fingerprint density at radius 1 is 1.54 bits per heavy atom. The molecule has 0 aliphatic rings. The second-order valence-corrected chi connectivity index (χ2v) is 2.55. The van der Waals surface area contributed by atoms with Gasteiger partial charge in [0, 0.05) is 19.2 Å². The predicted octanol–water partition coefficient (Wildman–Crippen LogP) is 1.85. The molecule has 0 unspecified atom stereocenters. The van der Waals surface area contributed by atoms with Gasteiger partial charge in [-0.2, -0.15) is 0 Å². The van der Waals surface area contributed by atoms with Gasteiger partial charge in [-0.1, -0.05) is 0 Å². The molecule has 1 aromatic rings. The van der Waals surface area contributed by atoms with E-state index in [9.17, 15) is 4.39 Å². The molecule has 0 aliphatic heterocycles. The average Bonchev–Trinajstić information content (AvgIpc) is 2.10. The summed E-state index contributed by atoms with van der Waals surface area (Å²) in [7, 11) is 1.72. The van der Waals surface area contributed by atoms with E-state index in [0.717, 1.165) is 0 Å². The zero-order chi connectivity index (χ0) is 9.84. The van der Waals surface area contributed by atoms with Crippen molar-refractivity contribution >= 4 is 11.4 Å². The van der Waals surface area contributed by atoms with Gasteiger partial charge in [0.05, 0.1) is 18.0 Å². The number of anilines is 2. The van der Waals surface area contributed by atoms with Crippen LogP contribution in [-0.2, 0) is 0 Å². The zero-order valence-electron chi connectivity index (χ0n) is 7.73. The van der Waals surface area contributed by atoms with E-state index in [1.807, 2.05) is 0 Å². The topological polar surface area (TPSA) is 47.3 Å².